The molecule has 1 aromatic heterocycles. The number of hydrogen-bond acceptors (Lipinski definition) is 2. The summed E-state index contributed by atoms with van der Waals surface area (Å²) >= 11 is 0. The second kappa shape index (κ2) is 5.42. The van der Waals surface area contributed by atoms with Crippen molar-refractivity contribution in [1.82, 2.24) is 4.98 Å². The van der Waals surface area contributed by atoms with E-state index >= 15 is 0 Å². The summed E-state index contributed by atoms with van der Waals surface area (Å²) in [6, 6.07) is 15.2. The van der Waals surface area contributed by atoms with Gasteiger partial charge in [-0.25, -0.2) is 0 Å². The molecule has 3 rings (SSSR count). The molecule has 1 heterocycles. The molecule has 0 unspecified atom stereocenters. The zero-order valence-electron chi connectivity index (χ0n) is 11.6. The summed E-state index contributed by atoms with van der Waals surface area (Å²) in [5, 5.41) is 0.450. The third-order valence-corrected chi connectivity index (χ3v) is 3.51. The van der Waals surface area contributed by atoms with Crippen molar-refractivity contribution in [3.05, 3.63) is 65.9 Å². The number of rotatable bonds is 2. The number of nitrogens with zero attached hydrogens (tertiary/aromatic N) is 1. The number of nitrogens with two attached hydrogens (primary N) is 1. The van der Waals surface area contributed by atoms with Gasteiger partial charge in [0.2, 0.25) is 0 Å². The van der Waals surface area contributed by atoms with Crippen LogP contribution in [0.5, 0.6) is 0 Å². The first-order chi connectivity index (χ1) is 10.5. The molecule has 0 saturated carbocycles. The minimum atomic E-state index is -4.44. The van der Waals surface area contributed by atoms with Crippen LogP contribution < -0.4 is 5.73 Å². The number of alkyl halides is 3. The van der Waals surface area contributed by atoms with Crippen LogP contribution in [0.1, 0.15) is 11.3 Å². The molecule has 0 amide bonds. The van der Waals surface area contributed by atoms with E-state index in [-0.39, 0.29) is 12.1 Å². The van der Waals surface area contributed by atoms with E-state index in [1.807, 2.05) is 30.3 Å². The third-order valence-electron chi connectivity index (χ3n) is 3.51. The molecule has 0 atom stereocenters. The molecular formula is C17H13F3N2. The maximum atomic E-state index is 13.1. The first-order valence-corrected chi connectivity index (χ1v) is 6.76. The van der Waals surface area contributed by atoms with Crippen LogP contribution in [0.15, 0.2) is 54.6 Å². The lowest BCUT2D eigenvalue weighted by molar-refractivity contribution is -0.136. The minimum Gasteiger partial charge on any atom is -0.325 e. The van der Waals surface area contributed by atoms with Crippen LogP contribution in [0.25, 0.3) is 22.0 Å². The lowest BCUT2D eigenvalue weighted by Gasteiger charge is -2.13. The fourth-order valence-corrected chi connectivity index (χ4v) is 2.49. The molecule has 2 N–H and O–H groups in total. The van der Waals surface area contributed by atoms with Crippen molar-refractivity contribution in [1.29, 1.82) is 0 Å². The normalized spacial score (nSPS) is 11.8. The predicted molar refractivity (Wildman–Crippen MR) is 80.1 cm³/mol. The van der Waals surface area contributed by atoms with Crippen molar-refractivity contribution < 1.29 is 13.2 Å². The molecule has 0 spiro atoms. The number of pyridine rings is 1. The summed E-state index contributed by atoms with van der Waals surface area (Å²) in [5.41, 5.74) is 6.99. The molecule has 0 radical (unpaired) electrons. The Morgan fingerprint density at radius 3 is 2.32 bits per heavy atom. The van der Waals surface area contributed by atoms with Gasteiger partial charge in [-0.05, 0) is 17.7 Å². The molecule has 0 aliphatic heterocycles. The van der Waals surface area contributed by atoms with Gasteiger partial charge in [0.05, 0.1) is 16.8 Å². The van der Waals surface area contributed by atoms with Crippen molar-refractivity contribution in [2.45, 2.75) is 12.7 Å². The zero-order chi connectivity index (χ0) is 15.7. The van der Waals surface area contributed by atoms with Crippen molar-refractivity contribution in [3.63, 3.8) is 0 Å². The summed E-state index contributed by atoms with van der Waals surface area (Å²) in [6.45, 7) is 0.0758. The summed E-state index contributed by atoms with van der Waals surface area (Å²) < 4.78 is 39.3. The molecule has 0 fully saturated rings. The average Bonchev–Trinajstić information content (AvgIpc) is 2.53. The van der Waals surface area contributed by atoms with Crippen molar-refractivity contribution in [2.75, 3.05) is 0 Å². The Kier molecular flexibility index (Phi) is 3.58. The van der Waals surface area contributed by atoms with Crippen molar-refractivity contribution in [2.24, 2.45) is 5.73 Å². The standard InChI is InChI=1S/C17H13F3N2/c18-17(19,20)14-8-4-7-12-9-13(11-5-2-1-3-6-11)15(10-21)22-16(12)14/h1-9H,10,21H2. The second-order valence-corrected chi connectivity index (χ2v) is 4.93. The van der Waals surface area contributed by atoms with Crippen LogP contribution in [0, 0.1) is 0 Å². The fourth-order valence-electron chi connectivity index (χ4n) is 2.49. The van der Waals surface area contributed by atoms with Crippen LogP contribution in [-0.2, 0) is 12.7 Å². The SMILES string of the molecule is NCc1nc2c(C(F)(F)F)cccc2cc1-c1ccccc1. The molecule has 3 aromatic rings. The van der Waals surface area contributed by atoms with E-state index in [2.05, 4.69) is 4.98 Å². The largest absolute Gasteiger partial charge is 0.418 e. The van der Waals surface area contributed by atoms with Gasteiger partial charge in [-0.3, -0.25) is 4.98 Å². The number of benzene rings is 2. The van der Waals surface area contributed by atoms with Crippen LogP contribution >= 0.6 is 0 Å². The van der Waals surface area contributed by atoms with Gasteiger partial charge < -0.3 is 5.73 Å². The quantitative estimate of drug-likeness (QED) is 0.763. The van der Waals surface area contributed by atoms with E-state index in [1.54, 1.807) is 12.1 Å². The van der Waals surface area contributed by atoms with Crippen LogP contribution in [0.4, 0.5) is 13.2 Å². The molecule has 112 valence electrons. The second-order valence-electron chi connectivity index (χ2n) is 4.93. The Hall–Kier alpha value is -2.40. The fraction of sp³-hybridized carbons (Fsp3) is 0.118. The highest BCUT2D eigenvalue weighted by atomic mass is 19.4. The van der Waals surface area contributed by atoms with Gasteiger partial charge in [-0.15, -0.1) is 0 Å². The average molecular weight is 302 g/mol. The first-order valence-electron chi connectivity index (χ1n) is 6.76. The Balaban J connectivity index is 2.30. The van der Waals surface area contributed by atoms with Crippen LogP contribution in [0.3, 0.4) is 0 Å². The summed E-state index contributed by atoms with van der Waals surface area (Å²) in [4.78, 5) is 4.19. The molecule has 0 aliphatic carbocycles. The van der Waals surface area contributed by atoms with Gasteiger partial charge in [0.25, 0.3) is 0 Å². The molecule has 2 nitrogen and oxygen atoms in total. The van der Waals surface area contributed by atoms with Crippen LogP contribution in [0.2, 0.25) is 0 Å². The number of hydrogen-bond donors (Lipinski definition) is 1. The highest BCUT2D eigenvalue weighted by Crippen LogP contribution is 2.35. The van der Waals surface area contributed by atoms with Gasteiger partial charge in [0.1, 0.15) is 0 Å². The third kappa shape index (κ3) is 2.55. The predicted octanol–water partition coefficient (Wildman–Crippen LogP) is 4.38. The maximum Gasteiger partial charge on any atom is 0.418 e. The molecule has 0 saturated heterocycles. The first kappa shape index (κ1) is 14.5. The highest BCUT2D eigenvalue weighted by molar-refractivity contribution is 5.87. The zero-order valence-corrected chi connectivity index (χ0v) is 11.6. The number of para-hydroxylation sites is 1. The van der Waals surface area contributed by atoms with Gasteiger partial charge >= 0.3 is 6.18 Å². The summed E-state index contributed by atoms with van der Waals surface area (Å²) in [7, 11) is 0. The van der Waals surface area contributed by atoms with E-state index in [9.17, 15) is 13.2 Å². The number of fused-ring (bicyclic) bond motifs is 1. The Morgan fingerprint density at radius 1 is 0.955 bits per heavy atom. The van der Waals surface area contributed by atoms with E-state index < -0.39 is 11.7 Å². The van der Waals surface area contributed by atoms with Gasteiger partial charge in [-0.2, -0.15) is 13.2 Å². The van der Waals surface area contributed by atoms with Crippen LogP contribution in [-0.4, -0.2) is 4.98 Å². The van der Waals surface area contributed by atoms with Crippen molar-refractivity contribution >= 4 is 10.9 Å². The smallest absolute Gasteiger partial charge is 0.325 e. The molecular weight excluding hydrogens is 289 g/mol. The van der Waals surface area contributed by atoms with E-state index in [0.717, 1.165) is 17.2 Å². The van der Waals surface area contributed by atoms with E-state index in [4.69, 9.17) is 5.73 Å². The van der Waals surface area contributed by atoms with Gasteiger partial charge in [0, 0.05) is 17.5 Å². The van der Waals surface area contributed by atoms with E-state index in [0.29, 0.717) is 11.1 Å². The lowest BCUT2D eigenvalue weighted by Crippen LogP contribution is -2.09. The molecule has 0 bridgehead atoms. The number of halogens is 3. The highest BCUT2D eigenvalue weighted by Gasteiger charge is 2.33. The minimum absolute atomic E-state index is 0.0601. The molecule has 22 heavy (non-hydrogen) atoms. The Labute approximate surface area is 125 Å². The number of aromatic nitrogens is 1. The summed E-state index contributed by atoms with van der Waals surface area (Å²) in [5.74, 6) is 0. The Morgan fingerprint density at radius 2 is 1.68 bits per heavy atom. The maximum absolute atomic E-state index is 13.1. The van der Waals surface area contributed by atoms with Gasteiger partial charge in [-0.1, -0.05) is 42.5 Å². The summed E-state index contributed by atoms with van der Waals surface area (Å²) in [6.07, 6.45) is -4.44. The van der Waals surface area contributed by atoms with Crippen molar-refractivity contribution in [3.8, 4) is 11.1 Å². The molecule has 5 heteroatoms. The topological polar surface area (TPSA) is 38.9 Å². The Bertz CT molecular complexity index is 811. The monoisotopic (exact) mass is 302 g/mol. The van der Waals surface area contributed by atoms with Gasteiger partial charge in [0.15, 0.2) is 0 Å². The molecule has 0 aliphatic rings. The van der Waals surface area contributed by atoms with E-state index in [1.165, 1.54) is 6.07 Å². The lowest BCUT2D eigenvalue weighted by atomic mass is 10.00. The molecule has 2 aromatic carbocycles.